The van der Waals surface area contributed by atoms with Crippen molar-refractivity contribution in [2.45, 2.75) is 47.9 Å². The quantitative estimate of drug-likeness (QED) is 0.168. The van der Waals surface area contributed by atoms with Gasteiger partial charge in [-0.05, 0) is 73.0 Å². The predicted octanol–water partition coefficient (Wildman–Crippen LogP) is 10.1. The Morgan fingerprint density at radius 3 is 2.44 bits per heavy atom. The third kappa shape index (κ3) is 6.47. The van der Waals surface area contributed by atoms with Crippen LogP contribution in [0.2, 0.25) is 0 Å². The van der Waals surface area contributed by atoms with Crippen LogP contribution < -0.4 is 0 Å². The number of pyridine rings is 3. The van der Waals surface area contributed by atoms with Crippen molar-refractivity contribution >= 4 is 43.5 Å². The Hall–Kier alpha value is -3.70. The smallest absolute Gasteiger partial charge is 0.216 e. The number of thiophene rings is 1. The summed E-state index contributed by atoms with van der Waals surface area (Å²) < 4.78 is 24.8. The van der Waals surface area contributed by atoms with Crippen molar-refractivity contribution in [2.75, 3.05) is 0 Å². The Morgan fingerprint density at radius 1 is 0.884 bits per heavy atom. The minimum Gasteiger partial charge on any atom is -0.486 e. The second-order valence-electron chi connectivity index (χ2n) is 11.5. The second-order valence-corrected chi connectivity index (χ2v) is 12.5. The average Bonchev–Trinajstić information content (AvgIpc) is 3.55. The molecule has 0 atom stereocenters. The zero-order valence-electron chi connectivity index (χ0n) is 27.0. The van der Waals surface area contributed by atoms with Gasteiger partial charge >= 0.3 is 0 Å². The number of furan rings is 1. The van der Waals surface area contributed by atoms with Gasteiger partial charge in [-0.25, -0.2) is 4.98 Å². The van der Waals surface area contributed by atoms with Crippen LogP contribution in [0.25, 0.3) is 54.7 Å². The summed E-state index contributed by atoms with van der Waals surface area (Å²) in [5, 5.41) is 2.97. The molecule has 43 heavy (non-hydrogen) atoms. The van der Waals surface area contributed by atoms with E-state index in [2.05, 4.69) is 33.2 Å². The zero-order valence-corrected chi connectivity index (χ0v) is 28.2. The molecule has 0 saturated heterocycles. The molecular weight excluding hydrogens is 727 g/mol. The minimum absolute atomic E-state index is 0. The Morgan fingerprint density at radius 2 is 1.72 bits per heavy atom. The fourth-order valence-corrected chi connectivity index (χ4v) is 6.26. The van der Waals surface area contributed by atoms with E-state index < -0.39 is 11.8 Å². The van der Waals surface area contributed by atoms with Crippen molar-refractivity contribution in [1.82, 2.24) is 15.0 Å². The van der Waals surface area contributed by atoms with Crippen LogP contribution in [0.5, 0.6) is 0 Å². The average molecular weight is 762 g/mol. The van der Waals surface area contributed by atoms with Crippen molar-refractivity contribution in [1.29, 1.82) is 0 Å². The van der Waals surface area contributed by atoms with Gasteiger partial charge in [0.1, 0.15) is 0 Å². The zero-order chi connectivity index (χ0) is 31.2. The van der Waals surface area contributed by atoms with E-state index in [0.717, 1.165) is 59.5 Å². The number of hydrogen-bond donors (Lipinski definition) is 0. The topological polar surface area (TPSA) is 51.8 Å². The molecule has 0 aliphatic heterocycles. The number of benzene rings is 2. The molecule has 6 heteroatoms. The van der Waals surface area contributed by atoms with Crippen LogP contribution in [0.3, 0.4) is 0 Å². The van der Waals surface area contributed by atoms with E-state index in [4.69, 9.17) is 7.16 Å². The number of aromatic nitrogens is 3. The van der Waals surface area contributed by atoms with E-state index in [1.807, 2.05) is 108 Å². The van der Waals surface area contributed by atoms with Crippen LogP contribution >= 0.6 is 11.3 Å². The molecule has 219 valence electrons. The van der Waals surface area contributed by atoms with Gasteiger partial charge in [0, 0.05) is 61.6 Å². The molecule has 7 aromatic rings. The second kappa shape index (κ2) is 12.5. The van der Waals surface area contributed by atoms with Crippen LogP contribution in [-0.2, 0) is 26.5 Å². The Kier molecular flexibility index (Phi) is 8.16. The summed E-state index contributed by atoms with van der Waals surface area (Å²) in [5.74, 6) is 0. The van der Waals surface area contributed by atoms with Gasteiger partial charge < -0.3 is 14.4 Å². The minimum atomic E-state index is -1.46. The fraction of sp³-hybridized carbons (Fsp3) is 0.216. The number of aryl methyl sites for hydroxylation is 3. The van der Waals surface area contributed by atoms with Crippen molar-refractivity contribution in [2.24, 2.45) is 5.41 Å². The van der Waals surface area contributed by atoms with Crippen LogP contribution in [0, 0.1) is 38.3 Å². The SMILES string of the molecule is Cc1ccc(-c2[c-]cccc2)nc1.[2H]C([2H])(c1sc2c(-c3[c-]ccc4c3oc3nc(C)ccc34)nccc2c1C)C(C)(C)C.[Ir]. The first-order valence-corrected chi connectivity index (χ1v) is 14.8. The molecule has 0 bridgehead atoms. The van der Waals surface area contributed by atoms with Gasteiger partial charge in [0.05, 0.1) is 5.58 Å². The van der Waals surface area contributed by atoms with Crippen molar-refractivity contribution in [3.8, 4) is 22.5 Å². The molecule has 0 unspecified atom stereocenters. The molecule has 5 heterocycles. The molecule has 0 amide bonds. The number of rotatable bonds is 3. The normalized spacial score (nSPS) is 12.4. The van der Waals surface area contributed by atoms with Gasteiger partial charge in [-0.1, -0.05) is 43.9 Å². The maximum atomic E-state index is 8.81. The van der Waals surface area contributed by atoms with Gasteiger partial charge in [-0.15, -0.1) is 65.4 Å². The molecule has 4 nitrogen and oxygen atoms in total. The predicted molar refractivity (Wildman–Crippen MR) is 175 cm³/mol. The summed E-state index contributed by atoms with van der Waals surface area (Å²) in [7, 11) is 0. The van der Waals surface area contributed by atoms with E-state index in [9.17, 15) is 0 Å². The van der Waals surface area contributed by atoms with Crippen LogP contribution in [0.15, 0.2) is 83.5 Å². The van der Waals surface area contributed by atoms with Gasteiger partial charge in [-0.3, -0.25) is 0 Å². The Labute approximate surface area is 273 Å². The molecule has 0 spiro atoms. The van der Waals surface area contributed by atoms with Crippen LogP contribution in [0.1, 0.15) is 45.2 Å². The summed E-state index contributed by atoms with van der Waals surface area (Å²) in [6.07, 6.45) is 2.19. The molecule has 0 saturated carbocycles. The molecular formula is C37H33IrN3OS-2. The first kappa shape index (κ1) is 28.1. The standard InChI is InChI=1S/C25H23N2OS.C12H10N.Ir/c1-14-9-10-18-17-7-6-8-19(22(17)28-24(18)27-14)21-23-16(11-12-26-21)15(2)20(29-23)13-25(3,4)5;1-10-7-8-12(13-9-10)11-5-3-2-4-6-11;/h6-7,9-12H,13H2,1-5H3;2-5,7-9H,1H3;/q2*-1;/i13D2;;. The van der Waals surface area contributed by atoms with Gasteiger partial charge in [0.25, 0.3) is 0 Å². The molecule has 7 rings (SSSR count). The first-order chi connectivity index (χ1) is 21.0. The van der Waals surface area contributed by atoms with E-state index >= 15 is 0 Å². The first-order valence-electron chi connectivity index (χ1n) is 14.9. The Bertz CT molecular complexity index is 2110. The summed E-state index contributed by atoms with van der Waals surface area (Å²) in [4.78, 5) is 14.3. The molecule has 0 fully saturated rings. The van der Waals surface area contributed by atoms with E-state index in [-0.39, 0.29) is 20.1 Å². The number of fused-ring (bicyclic) bond motifs is 4. The maximum Gasteiger partial charge on any atom is 0.216 e. The third-order valence-corrected chi connectivity index (χ3v) is 8.14. The summed E-state index contributed by atoms with van der Waals surface area (Å²) in [5.41, 5.74) is 7.41. The molecule has 0 aliphatic carbocycles. The largest absolute Gasteiger partial charge is 0.486 e. The monoisotopic (exact) mass is 762 g/mol. The van der Waals surface area contributed by atoms with Gasteiger partial charge in [-0.2, -0.15) is 0 Å². The van der Waals surface area contributed by atoms with Crippen molar-refractivity contribution in [3.63, 3.8) is 0 Å². The van der Waals surface area contributed by atoms with Crippen LogP contribution in [0.4, 0.5) is 0 Å². The molecule has 0 N–H and O–H groups in total. The number of hydrogen-bond acceptors (Lipinski definition) is 5. The fourth-order valence-electron chi connectivity index (χ4n) is 4.86. The maximum absolute atomic E-state index is 8.81. The third-order valence-electron chi connectivity index (χ3n) is 6.91. The van der Waals surface area contributed by atoms with E-state index in [1.165, 1.54) is 16.9 Å². The summed E-state index contributed by atoms with van der Waals surface area (Å²) in [6.45, 7) is 11.8. The van der Waals surface area contributed by atoms with E-state index in [1.54, 1.807) is 6.20 Å². The van der Waals surface area contributed by atoms with Gasteiger partial charge in [0.2, 0.25) is 5.71 Å². The molecule has 1 radical (unpaired) electrons. The number of nitrogens with zero attached hydrogens (tertiary/aromatic N) is 3. The van der Waals surface area contributed by atoms with Crippen molar-refractivity contribution in [3.05, 3.63) is 113 Å². The van der Waals surface area contributed by atoms with Gasteiger partial charge in [0.15, 0.2) is 0 Å². The van der Waals surface area contributed by atoms with E-state index in [0.29, 0.717) is 11.3 Å². The van der Waals surface area contributed by atoms with Crippen LogP contribution in [-0.4, -0.2) is 15.0 Å². The summed E-state index contributed by atoms with van der Waals surface area (Å²) in [6, 6.07) is 28.3. The molecule has 0 aliphatic rings. The van der Waals surface area contributed by atoms with Crippen molar-refractivity contribution < 1.29 is 27.3 Å². The Balaban J connectivity index is 0.000000240. The molecule has 2 aromatic carbocycles. The summed E-state index contributed by atoms with van der Waals surface area (Å²) >= 11 is 1.48. The molecule has 5 aromatic heterocycles.